The highest BCUT2D eigenvalue weighted by atomic mass is 32.2. The molecule has 21 heavy (non-hydrogen) atoms. The van der Waals surface area contributed by atoms with Crippen molar-refractivity contribution in [3.8, 4) is 0 Å². The Bertz CT molecular complexity index is 497. The van der Waals surface area contributed by atoms with Gasteiger partial charge in [0.25, 0.3) is 0 Å². The number of hydrogen-bond acceptors (Lipinski definition) is 4. The van der Waals surface area contributed by atoms with Gasteiger partial charge in [-0.25, -0.2) is 4.39 Å². The van der Waals surface area contributed by atoms with E-state index in [4.69, 9.17) is 4.74 Å². The van der Waals surface area contributed by atoms with E-state index in [1.807, 2.05) is 18.7 Å². The van der Waals surface area contributed by atoms with E-state index in [0.29, 0.717) is 17.8 Å². The number of aryl methyl sites for hydroxylation is 1. The number of thioether (sulfide) groups is 1. The quantitative estimate of drug-likeness (QED) is 0.929. The molecule has 2 heterocycles. The lowest BCUT2D eigenvalue weighted by molar-refractivity contribution is 0.0177. The highest BCUT2D eigenvalue weighted by Crippen LogP contribution is 2.31. The Labute approximate surface area is 129 Å². The van der Waals surface area contributed by atoms with Crippen LogP contribution in [0.15, 0.2) is 18.2 Å². The van der Waals surface area contributed by atoms with Crippen molar-refractivity contribution in [1.82, 2.24) is 4.90 Å². The van der Waals surface area contributed by atoms with Crippen LogP contribution in [0.5, 0.6) is 0 Å². The van der Waals surface area contributed by atoms with E-state index in [9.17, 15) is 9.50 Å². The predicted octanol–water partition coefficient (Wildman–Crippen LogP) is 2.37. The molecule has 3 rings (SSSR count). The summed E-state index contributed by atoms with van der Waals surface area (Å²) in [4.78, 5) is 2.39. The maximum Gasteiger partial charge on any atom is 0.123 e. The van der Waals surface area contributed by atoms with Crippen LogP contribution in [0.1, 0.15) is 23.7 Å². The molecule has 0 amide bonds. The highest BCUT2D eigenvalue weighted by molar-refractivity contribution is 8.00. The summed E-state index contributed by atoms with van der Waals surface area (Å²) in [7, 11) is 0. The third kappa shape index (κ3) is 3.42. The average molecular weight is 311 g/mol. The van der Waals surface area contributed by atoms with Crippen LogP contribution in [-0.4, -0.2) is 53.4 Å². The van der Waals surface area contributed by atoms with E-state index in [-0.39, 0.29) is 5.82 Å². The molecule has 1 aromatic rings. The summed E-state index contributed by atoms with van der Waals surface area (Å²) in [6.07, 6.45) is 0.476. The number of halogens is 1. The predicted molar refractivity (Wildman–Crippen MR) is 83.1 cm³/mol. The van der Waals surface area contributed by atoms with Gasteiger partial charge < -0.3 is 9.84 Å². The van der Waals surface area contributed by atoms with Crippen LogP contribution >= 0.6 is 11.8 Å². The molecule has 3 atom stereocenters. The Kier molecular flexibility index (Phi) is 4.84. The second kappa shape index (κ2) is 6.65. The van der Waals surface area contributed by atoms with Crippen molar-refractivity contribution in [3.05, 3.63) is 35.1 Å². The van der Waals surface area contributed by atoms with Crippen LogP contribution in [-0.2, 0) is 4.74 Å². The number of nitrogens with zero attached hydrogens (tertiary/aromatic N) is 1. The molecule has 2 aliphatic rings. The number of benzene rings is 1. The molecule has 1 aromatic carbocycles. The van der Waals surface area contributed by atoms with Crippen molar-refractivity contribution < 1.29 is 14.2 Å². The lowest BCUT2D eigenvalue weighted by Gasteiger charge is -2.44. The molecule has 116 valence electrons. The summed E-state index contributed by atoms with van der Waals surface area (Å²) in [5.41, 5.74) is 1.65. The van der Waals surface area contributed by atoms with Crippen molar-refractivity contribution in [2.75, 3.05) is 32.1 Å². The summed E-state index contributed by atoms with van der Waals surface area (Å²) in [5, 5.41) is 11.1. The molecule has 0 spiro atoms. The summed E-state index contributed by atoms with van der Waals surface area (Å²) in [5.74, 6) is 0.835. The smallest absolute Gasteiger partial charge is 0.123 e. The summed E-state index contributed by atoms with van der Waals surface area (Å²) in [6, 6.07) is 5.11. The first kappa shape index (κ1) is 15.3. The number of β-amino-alcohol motifs (C(OH)–C–C–N with tert-alkyl or cyclic N) is 1. The first-order valence-corrected chi connectivity index (χ1v) is 8.57. The van der Waals surface area contributed by atoms with Crippen LogP contribution in [0.4, 0.5) is 4.39 Å². The lowest BCUT2D eigenvalue weighted by Crippen LogP contribution is -2.53. The van der Waals surface area contributed by atoms with Gasteiger partial charge in [-0.15, -0.1) is 0 Å². The van der Waals surface area contributed by atoms with E-state index in [2.05, 4.69) is 4.90 Å². The Morgan fingerprint density at radius 1 is 1.52 bits per heavy atom. The fourth-order valence-electron chi connectivity index (χ4n) is 3.32. The Morgan fingerprint density at radius 2 is 2.38 bits per heavy atom. The molecular formula is C16H22FNO2S. The third-order valence-electron chi connectivity index (χ3n) is 4.45. The molecule has 2 fully saturated rings. The van der Waals surface area contributed by atoms with E-state index in [1.54, 1.807) is 6.07 Å². The van der Waals surface area contributed by atoms with Gasteiger partial charge in [0.2, 0.25) is 0 Å². The SMILES string of the molecule is Cc1cc(F)ccc1C(O)CN1CCSC2COCCC21. The van der Waals surface area contributed by atoms with Gasteiger partial charge >= 0.3 is 0 Å². The van der Waals surface area contributed by atoms with E-state index in [1.165, 1.54) is 12.1 Å². The van der Waals surface area contributed by atoms with Crippen molar-refractivity contribution in [2.24, 2.45) is 0 Å². The highest BCUT2D eigenvalue weighted by Gasteiger charge is 2.35. The number of ether oxygens (including phenoxy) is 1. The van der Waals surface area contributed by atoms with Crippen molar-refractivity contribution in [2.45, 2.75) is 30.7 Å². The standard InChI is InChI=1S/C16H22FNO2S/c1-11-8-12(17)2-3-13(11)15(19)9-18-5-7-21-16-10-20-6-4-14(16)18/h2-3,8,14-16,19H,4-7,9-10H2,1H3. The summed E-state index contributed by atoms with van der Waals surface area (Å²) in [6.45, 7) is 5.10. The maximum absolute atomic E-state index is 13.2. The van der Waals surface area contributed by atoms with E-state index < -0.39 is 6.10 Å². The van der Waals surface area contributed by atoms with Gasteiger partial charge in [0, 0.05) is 36.7 Å². The molecule has 3 unspecified atom stereocenters. The molecule has 0 aromatic heterocycles. The molecule has 2 saturated heterocycles. The molecule has 2 aliphatic heterocycles. The van der Waals surface area contributed by atoms with Crippen LogP contribution in [0, 0.1) is 12.7 Å². The van der Waals surface area contributed by atoms with Crippen molar-refractivity contribution in [3.63, 3.8) is 0 Å². The molecule has 0 aliphatic carbocycles. The molecule has 0 bridgehead atoms. The maximum atomic E-state index is 13.2. The lowest BCUT2D eigenvalue weighted by atomic mass is 10.0. The second-order valence-electron chi connectivity index (χ2n) is 5.85. The van der Waals surface area contributed by atoms with Crippen LogP contribution < -0.4 is 0 Å². The molecule has 5 heteroatoms. The van der Waals surface area contributed by atoms with Gasteiger partial charge in [-0.1, -0.05) is 6.07 Å². The summed E-state index contributed by atoms with van der Waals surface area (Å²) < 4.78 is 18.7. The Morgan fingerprint density at radius 3 is 3.19 bits per heavy atom. The zero-order valence-corrected chi connectivity index (χ0v) is 13.1. The fraction of sp³-hybridized carbons (Fsp3) is 0.625. The number of aliphatic hydroxyl groups excluding tert-OH is 1. The molecule has 0 radical (unpaired) electrons. The molecular weight excluding hydrogens is 289 g/mol. The number of fused-ring (bicyclic) bond motifs is 1. The average Bonchev–Trinajstić information content (AvgIpc) is 2.47. The van der Waals surface area contributed by atoms with Crippen LogP contribution in [0.3, 0.4) is 0 Å². The minimum Gasteiger partial charge on any atom is -0.387 e. The summed E-state index contributed by atoms with van der Waals surface area (Å²) >= 11 is 1.98. The normalized spacial score (nSPS) is 28.1. The molecule has 0 saturated carbocycles. The zero-order valence-electron chi connectivity index (χ0n) is 12.3. The third-order valence-corrected chi connectivity index (χ3v) is 5.74. The zero-order chi connectivity index (χ0) is 14.8. The number of hydrogen-bond donors (Lipinski definition) is 1. The van der Waals surface area contributed by atoms with Gasteiger partial charge in [-0.3, -0.25) is 4.90 Å². The second-order valence-corrected chi connectivity index (χ2v) is 7.20. The van der Waals surface area contributed by atoms with Gasteiger partial charge in [0.1, 0.15) is 5.82 Å². The van der Waals surface area contributed by atoms with Gasteiger partial charge in [-0.05, 0) is 36.6 Å². The first-order valence-electron chi connectivity index (χ1n) is 7.52. The van der Waals surface area contributed by atoms with Crippen molar-refractivity contribution >= 4 is 11.8 Å². The Hall–Kier alpha value is -0.620. The Balaban J connectivity index is 1.69. The van der Waals surface area contributed by atoms with E-state index in [0.717, 1.165) is 43.1 Å². The fourth-order valence-corrected chi connectivity index (χ4v) is 4.69. The minimum atomic E-state index is -0.558. The van der Waals surface area contributed by atoms with Crippen molar-refractivity contribution in [1.29, 1.82) is 0 Å². The van der Waals surface area contributed by atoms with Crippen LogP contribution in [0.2, 0.25) is 0 Å². The monoisotopic (exact) mass is 311 g/mol. The molecule has 1 N–H and O–H groups in total. The van der Waals surface area contributed by atoms with E-state index >= 15 is 0 Å². The topological polar surface area (TPSA) is 32.7 Å². The minimum absolute atomic E-state index is 0.248. The number of aliphatic hydroxyl groups is 1. The largest absolute Gasteiger partial charge is 0.387 e. The molecule has 3 nitrogen and oxygen atoms in total. The van der Waals surface area contributed by atoms with Gasteiger partial charge in [0.05, 0.1) is 12.7 Å². The number of rotatable bonds is 3. The van der Waals surface area contributed by atoms with Crippen LogP contribution in [0.25, 0.3) is 0 Å². The van der Waals surface area contributed by atoms with Gasteiger partial charge in [-0.2, -0.15) is 11.8 Å². The first-order chi connectivity index (χ1) is 10.1. The van der Waals surface area contributed by atoms with Gasteiger partial charge in [0.15, 0.2) is 0 Å².